The molecule has 0 radical (unpaired) electrons. The van der Waals surface area contributed by atoms with Gasteiger partial charge in [0.1, 0.15) is 17.0 Å². The third-order valence-electron chi connectivity index (χ3n) is 4.68. The normalized spacial score (nSPS) is 57.1. The van der Waals surface area contributed by atoms with Crippen LogP contribution in [0.2, 0.25) is 0 Å². The largest absolute Gasteiger partial charge is 0.364 e. The van der Waals surface area contributed by atoms with Crippen LogP contribution < -0.4 is 0 Å². The predicted molar refractivity (Wildman–Crippen MR) is 58.5 cm³/mol. The van der Waals surface area contributed by atoms with E-state index in [1.807, 2.05) is 13.8 Å². The fraction of sp³-hybridized carbons (Fsp3) is 1.00. The van der Waals surface area contributed by atoms with E-state index in [4.69, 9.17) is 8.92 Å². The lowest BCUT2D eigenvalue weighted by atomic mass is 9.72. The zero-order valence-electron chi connectivity index (χ0n) is 9.89. The molecule has 2 bridgehead atoms. The number of rotatable bonds is 2. The van der Waals surface area contributed by atoms with Crippen LogP contribution in [0.1, 0.15) is 40.0 Å². The van der Waals surface area contributed by atoms with Gasteiger partial charge in [0.05, 0.1) is 5.60 Å². The standard InChI is InChI=1S/C11H18O4S/c1-4-5-11-8-6-10(3,15-11)7(2)9(11)14-16(8,12)13/h7-9H,4-6H2,1-3H3. The maximum atomic E-state index is 11.9. The Kier molecular flexibility index (Phi) is 1.93. The van der Waals surface area contributed by atoms with Crippen LogP contribution in [0, 0.1) is 5.92 Å². The molecule has 5 unspecified atom stereocenters. The van der Waals surface area contributed by atoms with E-state index >= 15 is 0 Å². The van der Waals surface area contributed by atoms with Gasteiger partial charge >= 0.3 is 0 Å². The molecule has 16 heavy (non-hydrogen) atoms. The number of ether oxygens (including phenoxy) is 1. The molecule has 0 amide bonds. The van der Waals surface area contributed by atoms with E-state index in [1.54, 1.807) is 0 Å². The third-order valence-corrected chi connectivity index (χ3v) is 6.42. The van der Waals surface area contributed by atoms with Gasteiger partial charge in [-0.3, -0.25) is 4.18 Å². The van der Waals surface area contributed by atoms with Crippen LogP contribution in [0.15, 0.2) is 0 Å². The fourth-order valence-electron chi connectivity index (χ4n) is 3.81. The van der Waals surface area contributed by atoms with Gasteiger partial charge in [-0.15, -0.1) is 0 Å². The molecule has 3 heterocycles. The quantitative estimate of drug-likeness (QED) is 0.692. The van der Waals surface area contributed by atoms with Crippen molar-refractivity contribution >= 4 is 10.1 Å². The zero-order chi connectivity index (χ0) is 11.8. The van der Waals surface area contributed by atoms with E-state index in [-0.39, 0.29) is 17.6 Å². The molecule has 3 rings (SSSR count). The molecular formula is C11H18O4S. The molecule has 5 heteroatoms. The van der Waals surface area contributed by atoms with Crippen molar-refractivity contribution in [2.45, 2.75) is 62.6 Å². The number of fused-ring (bicyclic) bond motifs is 1. The summed E-state index contributed by atoms with van der Waals surface area (Å²) in [5, 5.41) is -0.439. The predicted octanol–water partition coefficient (Wildman–Crippen LogP) is 1.45. The highest BCUT2D eigenvalue weighted by Crippen LogP contribution is 2.63. The Balaban J connectivity index is 2.13. The van der Waals surface area contributed by atoms with Crippen molar-refractivity contribution in [2.24, 2.45) is 5.92 Å². The summed E-state index contributed by atoms with van der Waals surface area (Å²) < 4.78 is 35.3. The summed E-state index contributed by atoms with van der Waals surface area (Å²) in [6.07, 6.45) is 2.03. The monoisotopic (exact) mass is 246 g/mol. The Morgan fingerprint density at radius 3 is 2.75 bits per heavy atom. The Morgan fingerprint density at radius 1 is 1.44 bits per heavy atom. The summed E-state index contributed by atoms with van der Waals surface area (Å²) in [7, 11) is -3.41. The van der Waals surface area contributed by atoms with Gasteiger partial charge in [-0.2, -0.15) is 8.42 Å². The second-order valence-corrected chi connectivity index (χ2v) is 7.36. The van der Waals surface area contributed by atoms with Gasteiger partial charge in [0, 0.05) is 5.92 Å². The SMILES string of the molecule is CCCC12OC3(C)CC1S(=O)(=O)OC2C3C. The van der Waals surface area contributed by atoms with Crippen molar-refractivity contribution in [3.05, 3.63) is 0 Å². The van der Waals surface area contributed by atoms with E-state index in [9.17, 15) is 8.42 Å². The Hall–Kier alpha value is -0.130. The summed E-state index contributed by atoms with van der Waals surface area (Å²) >= 11 is 0. The summed E-state index contributed by atoms with van der Waals surface area (Å²) in [5.41, 5.74) is -0.865. The molecule has 0 aromatic heterocycles. The zero-order valence-corrected chi connectivity index (χ0v) is 10.7. The lowest BCUT2D eigenvalue weighted by molar-refractivity contribution is -0.0586. The van der Waals surface area contributed by atoms with Gasteiger partial charge in [-0.25, -0.2) is 0 Å². The lowest BCUT2D eigenvalue weighted by Gasteiger charge is -2.30. The van der Waals surface area contributed by atoms with E-state index in [2.05, 4.69) is 6.92 Å². The fourth-order valence-corrected chi connectivity index (χ4v) is 5.89. The molecule has 0 saturated carbocycles. The minimum Gasteiger partial charge on any atom is -0.364 e. The van der Waals surface area contributed by atoms with E-state index in [1.165, 1.54) is 0 Å². The molecule has 0 aromatic rings. The second kappa shape index (κ2) is 2.82. The molecule has 4 nitrogen and oxygen atoms in total. The van der Waals surface area contributed by atoms with Gasteiger partial charge in [-0.1, -0.05) is 20.3 Å². The molecule has 3 aliphatic heterocycles. The van der Waals surface area contributed by atoms with Crippen LogP contribution in [-0.2, 0) is 19.0 Å². The average Bonchev–Trinajstić information content (AvgIpc) is 2.63. The summed E-state index contributed by atoms with van der Waals surface area (Å²) in [4.78, 5) is 0. The van der Waals surface area contributed by atoms with E-state index in [0.29, 0.717) is 6.42 Å². The summed E-state index contributed by atoms with van der Waals surface area (Å²) in [5.74, 6) is 0.160. The van der Waals surface area contributed by atoms with Gasteiger partial charge in [0.2, 0.25) is 0 Å². The van der Waals surface area contributed by atoms with Crippen LogP contribution >= 0.6 is 0 Å². The first-order valence-electron chi connectivity index (χ1n) is 5.98. The molecule has 3 aliphatic rings. The van der Waals surface area contributed by atoms with Crippen molar-refractivity contribution in [2.75, 3.05) is 0 Å². The molecule has 3 saturated heterocycles. The average molecular weight is 246 g/mol. The minimum atomic E-state index is -3.41. The first kappa shape index (κ1) is 11.0. The smallest absolute Gasteiger partial charge is 0.273 e. The van der Waals surface area contributed by atoms with Gasteiger partial charge in [-0.05, 0) is 19.8 Å². The Bertz CT molecular complexity index is 431. The van der Waals surface area contributed by atoms with Crippen LogP contribution in [-0.4, -0.2) is 31.0 Å². The van der Waals surface area contributed by atoms with Crippen molar-refractivity contribution < 1.29 is 17.3 Å². The highest BCUT2D eigenvalue weighted by Gasteiger charge is 2.76. The van der Waals surface area contributed by atoms with Crippen molar-refractivity contribution in [1.82, 2.24) is 0 Å². The van der Waals surface area contributed by atoms with Crippen LogP contribution in [0.25, 0.3) is 0 Å². The number of hydrogen-bond acceptors (Lipinski definition) is 4. The van der Waals surface area contributed by atoms with Crippen LogP contribution in [0.5, 0.6) is 0 Å². The Labute approximate surface area is 96.4 Å². The molecule has 0 N–H and O–H groups in total. The van der Waals surface area contributed by atoms with Crippen molar-refractivity contribution in [3.63, 3.8) is 0 Å². The molecule has 92 valence electrons. The molecule has 0 aromatic carbocycles. The molecule has 5 atom stereocenters. The van der Waals surface area contributed by atoms with E-state index in [0.717, 1.165) is 12.8 Å². The highest BCUT2D eigenvalue weighted by atomic mass is 32.2. The molecular weight excluding hydrogens is 228 g/mol. The molecule has 3 fully saturated rings. The van der Waals surface area contributed by atoms with Gasteiger partial charge < -0.3 is 4.74 Å². The Morgan fingerprint density at radius 2 is 2.12 bits per heavy atom. The van der Waals surface area contributed by atoms with Crippen LogP contribution in [0.3, 0.4) is 0 Å². The van der Waals surface area contributed by atoms with Crippen molar-refractivity contribution in [3.8, 4) is 0 Å². The minimum absolute atomic E-state index is 0.160. The van der Waals surface area contributed by atoms with Gasteiger partial charge in [0.25, 0.3) is 10.1 Å². The van der Waals surface area contributed by atoms with Crippen molar-refractivity contribution in [1.29, 1.82) is 0 Å². The lowest BCUT2D eigenvalue weighted by Crippen LogP contribution is -2.47. The molecule has 0 aliphatic carbocycles. The topological polar surface area (TPSA) is 52.6 Å². The first-order valence-corrected chi connectivity index (χ1v) is 7.45. The molecule has 0 spiro atoms. The maximum Gasteiger partial charge on any atom is 0.273 e. The highest BCUT2D eigenvalue weighted by molar-refractivity contribution is 7.87. The maximum absolute atomic E-state index is 11.9. The summed E-state index contributed by atoms with van der Waals surface area (Å²) in [6, 6.07) is 0. The van der Waals surface area contributed by atoms with Gasteiger partial charge in [0.15, 0.2) is 0 Å². The summed E-state index contributed by atoms with van der Waals surface area (Å²) in [6.45, 7) is 6.12. The van der Waals surface area contributed by atoms with Crippen LogP contribution in [0.4, 0.5) is 0 Å². The first-order chi connectivity index (χ1) is 7.36. The second-order valence-electron chi connectivity index (χ2n) is 5.61. The third kappa shape index (κ3) is 1.00. The number of hydrogen-bond donors (Lipinski definition) is 0. The van der Waals surface area contributed by atoms with E-state index < -0.39 is 21.0 Å².